The highest BCUT2D eigenvalue weighted by Crippen LogP contribution is 2.33. The molecule has 0 radical (unpaired) electrons. The summed E-state index contributed by atoms with van der Waals surface area (Å²) in [6.07, 6.45) is 2.49. The number of carboxylic acids is 1. The first-order valence-electron chi connectivity index (χ1n) is 6.85. The van der Waals surface area contributed by atoms with Crippen LogP contribution in [0.25, 0.3) is 0 Å². The summed E-state index contributed by atoms with van der Waals surface area (Å²) >= 11 is 5.65. The van der Waals surface area contributed by atoms with Crippen LogP contribution >= 0.6 is 11.6 Å². The second-order valence-corrected chi connectivity index (χ2v) is 6.08. The smallest absolute Gasteiger partial charge is 0.329 e. The first kappa shape index (κ1) is 15.8. The first-order chi connectivity index (χ1) is 9.84. The third-order valence-corrected chi connectivity index (χ3v) is 4.23. The van der Waals surface area contributed by atoms with Gasteiger partial charge in [0.05, 0.1) is 5.02 Å². The summed E-state index contributed by atoms with van der Waals surface area (Å²) in [6.45, 7) is 1.97. The van der Waals surface area contributed by atoms with Crippen LogP contribution in [-0.2, 0) is 4.79 Å². The standard InChI is InChI=1S/C15H17ClFNO3/c1-9-3-2-6-15(8-9,14(20)21)18-13(19)10-4-5-12(17)11(16)7-10/h4-5,7,9H,2-3,6,8H2,1H3,(H,18,19)(H,20,21). The molecule has 2 atom stereocenters. The predicted octanol–water partition coefficient (Wildman–Crippen LogP) is 3.24. The molecule has 6 heteroatoms. The molecule has 4 nitrogen and oxygen atoms in total. The predicted molar refractivity (Wildman–Crippen MR) is 76.9 cm³/mol. The Labute approximate surface area is 127 Å². The SMILES string of the molecule is CC1CCCC(NC(=O)c2ccc(F)c(Cl)c2)(C(=O)O)C1. The van der Waals surface area contributed by atoms with Gasteiger partial charge in [-0.3, -0.25) is 4.79 Å². The Kier molecular flexibility index (Phi) is 4.52. The summed E-state index contributed by atoms with van der Waals surface area (Å²) < 4.78 is 13.1. The molecule has 0 spiro atoms. The van der Waals surface area contributed by atoms with E-state index in [1.807, 2.05) is 6.92 Å². The summed E-state index contributed by atoms with van der Waals surface area (Å²) in [5, 5.41) is 11.9. The van der Waals surface area contributed by atoms with Gasteiger partial charge in [-0.05, 0) is 37.0 Å². The number of carbonyl (C=O) groups excluding carboxylic acids is 1. The maximum absolute atomic E-state index is 13.1. The average Bonchev–Trinajstić information content (AvgIpc) is 2.41. The Morgan fingerprint density at radius 2 is 2.19 bits per heavy atom. The van der Waals surface area contributed by atoms with Gasteiger partial charge in [-0.2, -0.15) is 0 Å². The van der Waals surface area contributed by atoms with Crippen molar-refractivity contribution in [2.45, 2.75) is 38.1 Å². The van der Waals surface area contributed by atoms with Crippen LogP contribution in [0, 0.1) is 11.7 Å². The molecule has 1 aliphatic carbocycles. The van der Waals surface area contributed by atoms with Crippen LogP contribution in [0.15, 0.2) is 18.2 Å². The van der Waals surface area contributed by atoms with Crippen molar-refractivity contribution < 1.29 is 19.1 Å². The number of carboxylic acid groups (broad SMARTS) is 1. The molecule has 0 saturated heterocycles. The Morgan fingerprint density at radius 1 is 1.48 bits per heavy atom. The van der Waals surface area contributed by atoms with E-state index in [9.17, 15) is 19.1 Å². The van der Waals surface area contributed by atoms with E-state index < -0.39 is 23.2 Å². The van der Waals surface area contributed by atoms with Crippen molar-refractivity contribution in [3.8, 4) is 0 Å². The van der Waals surface area contributed by atoms with Gasteiger partial charge in [0.1, 0.15) is 11.4 Å². The van der Waals surface area contributed by atoms with E-state index >= 15 is 0 Å². The lowest BCUT2D eigenvalue weighted by Gasteiger charge is -2.37. The zero-order valence-electron chi connectivity index (χ0n) is 11.7. The van der Waals surface area contributed by atoms with E-state index in [1.165, 1.54) is 12.1 Å². The van der Waals surface area contributed by atoms with Gasteiger partial charge in [0.2, 0.25) is 0 Å². The number of carbonyl (C=O) groups is 2. The maximum atomic E-state index is 13.1. The number of hydrogen-bond acceptors (Lipinski definition) is 2. The Hall–Kier alpha value is -1.62. The zero-order valence-corrected chi connectivity index (χ0v) is 12.4. The van der Waals surface area contributed by atoms with Crippen molar-refractivity contribution in [2.75, 3.05) is 0 Å². The van der Waals surface area contributed by atoms with E-state index in [1.54, 1.807) is 0 Å². The maximum Gasteiger partial charge on any atom is 0.329 e. The van der Waals surface area contributed by atoms with E-state index in [0.29, 0.717) is 12.8 Å². The summed E-state index contributed by atoms with van der Waals surface area (Å²) in [5.74, 6) is -1.97. The molecule has 2 rings (SSSR count). The molecule has 0 heterocycles. The van der Waals surface area contributed by atoms with E-state index in [2.05, 4.69) is 5.32 Å². The molecule has 1 amide bonds. The summed E-state index contributed by atoms with van der Waals surface area (Å²) in [7, 11) is 0. The highest BCUT2D eigenvalue weighted by Gasteiger charge is 2.43. The number of hydrogen-bond donors (Lipinski definition) is 2. The van der Waals surface area contributed by atoms with Gasteiger partial charge >= 0.3 is 5.97 Å². The fourth-order valence-corrected chi connectivity index (χ4v) is 3.02. The molecule has 0 aromatic heterocycles. The number of benzene rings is 1. The van der Waals surface area contributed by atoms with Gasteiger partial charge in [0, 0.05) is 5.56 Å². The van der Waals surface area contributed by atoms with Crippen LogP contribution in [0.1, 0.15) is 43.0 Å². The zero-order chi connectivity index (χ0) is 15.6. The summed E-state index contributed by atoms with van der Waals surface area (Å²) in [4.78, 5) is 23.8. The lowest BCUT2D eigenvalue weighted by atomic mass is 9.76. The Balaban J connectivity index is 2.22. The van der Waals surface area contributed by atoms with Crippen molar-refractivity contribution in [2.24, 2.45) is 5.92 Å². The molecular formula is C15H17ClFNO3. The lowest BCUT2D eigenvalue weighted by molar-refractivity contribution is -0.146. The van der Waals surface area contributed by atoms with Crippen LogP contribution in [0.5, 0.6) is 0 Å². The van der Waals surface area contributed by atoms with Gasteiger partial charge in [0.15, 0.2) is 0 Å². The first-order valence-corrected chi connectivity index (χ1v) is 7.23. The summed E-state index contributed by atoms with van der Waals surface area (Å²) in [6, 6.07) is 3.58. The molecule has 114 valence electrons. The molecule has 1 aromatic carbocycles. The highest BCUT2D eigenvalue weighted by molar-refractivity contribution is 6.31. The molecule has 1 saturated carbocycles. The number of halogens is 2. The molecule has 1 aliphatic rings. The van der Waals surface area contributed by atoms with Crippen molar-refractivity contribution in [1.29, 1.82) is 0 Å². The third-order valence-electron chi connectivity index (χ3n) is 3.94. The molecule has 0 aliphatic heterocycles. The van der Waals surface area contributed by atoms with Gasteiger partial charge < -0.3 is 10.4 Å². The molecule has 1 aromatic rings. The van der Waals surface area contributed by atoms with E-state index in [-0.39, 0.29) is 16.5 Å². The number of amides is 1. The second kappa shape index (κ2) is 6.02. The quantitative estimate of drug-likeness (QED) is 0.900. The minimum absolute atomic E-state index is 0.153. The topological polar surface area (TPSA) is 66.4 Å². The molecular weight excluding hydrogens is 297 g/mol. The van der Waals surface area contributed by atoms with E-state index in [4.69, 9.17) is 11.6 Å². The molecule has 21 heavy (non-hydrogen) atoms. The molecule has 0 bridgehead atoms. The molecule has 2 unspecified atom stereocenters. The van der Waals surface area contributed by atoms with Crippen molar-refractivity contribution in [3.63, 3.8) is 0 Å². The fourth-order valence-electron chi connectivity index (χ4n) is 2.84. The van der Waals surface area contributed by atoms with Crippen LogP contribution in [0.4, 0.5) is 4.39 Å². The van der Waals surface area contributed by atoms with Crippen molar-refractivity contribution >= 4 is 23.5 Å². The van der Waals surface area contributed by atoms with Crippen LogP contribution in [0.3, 0.4) is 0 Å². The number of nitrogens with one attached hydrogen (secondary N) is 1. The summed E-state index contributed by atoms with van der Waals surface area (Å²) in [5.41, 5.74) is -1.10. The molecule has 2 N–H and O–H groups in total. The fraction of sp³-hybridized carbons (Fsp3) is 0.467. The second-order valence-electron chi connectivity index (χ2n) is 5.67. The van der Waals surface area contributed by atoms with Gasteiger partial charge in [-0.25, -0.2) is 9.18 Å². The van der Waals surface area contributed by atoms with Crippen LogP contribution in [-0.4, -0.2) is 22.5 Å². The Bertz CT molecular complexity index is 578. The van der Waals surface area contributed by atoms with Gasteiger partial charge in [-0.15, -0.1) is 0 Å². The normalized spacial score (nSPS) is 25.4. The van der Waals surface area contributed by atoms with Gasteiger partial charge in [0.25, 0.3) is 5.91 Å². The van der Waals surface area contributed by atoms with Crippen LogP contribution in [0.2, 0.25) is 5.02 Å². The van der Waals surface area contributed by atoms with Crippen LogP contribution < -0.4 is 5.32 Å². The number of rotatable bonds is 3. The highest BCUT2D eigenvalue weighted by atomic mass is 35.5. The average molecular weight is 314 g/mol. The monoisotopic (exact) mass is 313 g/mol. The van der Waals surface area contributed by atoms with Gasteiger partial charge in [-0.1, -0.05) is 31.4 Å². The largest absolute Gasteiger partial charge is 0.480 e. The third kappa shape index (κ3) is 3.35. The minimum atomic E-state index is -1.25. The van der Waals surface area contributed by atoms with Crippen molar-refractivity contribution in [3.05, 3.63) is 34.6 Å². The Morgan fingerprint density at radius 3 is 2.76 bits per heavy atom. The minimum Gasteiger partial charge on any atom is -0.480 e. The molecule has 1 fully saturated rings. The van der Waals surface area contributed by atoms with Crippen molar-refractivity contribution in [1.82, 2.24) is 5.32 Å². The van der Waals surface area contributed by atoms with E-state index in [0.717, 1.165) is 18.9 Å². The number of aliphatic carboxylic acids is 1. The lowest BCUT2D eigenvalue weighted by Crippen LogP contribution is -2.56.